The minimum absolute atomic E-state index is 0.116. The van der Waals surface area contributed by atoms with Gasteiger partial charge in [-0.2, -0.15) is 5.10 Å². The van der Waals surface area contributed by atoms with Crippen molar-refractivity contribution in [1.82, 2.24) is 20.1 Å². The zero-order valence-corrected chi connectivity index (χ0v) is 18.1. The summed E-state index contributed by atoms with van der Waals surface area (Å²) >= 11 is 0. The van der Waals surface area contributed by atoms with Gasteiger partial charge in [-0.3, -0.25) is 9.48 Å². The lowest BCUT2D eigenvalue weighted by Crippen LogP contribution is -2.24. The van der Waals surface area contributed by atoms with E-state index in [1.165, 1.54) is 0 Å². The number of carbonyl (C=O) groups is 1. The molecule has 1 amide bonds. The molecule has 29 heavy (non-hydrogen) atoms. The van der Waals surface area contributed by atoms with E-state index in [-0.39, 0.29) is 17.9 Å². The van der Waals surface area contributed by atoms with Crippen LogP contribution in [0.15, 0.2) is 30.3 Å². The summed E-state index contributed by atoms with van der Waals surface area (Å²) in [6, 6.07) is 9.93. The molecule has 3 aromatic rings. The minimum Gasteiger partial charge on any atom is -0.374 e. The Morgan fingerprint density at radius 3 is 2.52 bits per heavy atom. The van der Waals surface area contributed by atoms with Crippen molar-refractivity contribution >= 4 is 16.9 Å². The summed E-state index contributed by atoms with van der Waals surface area (Å²) in [7, 11) is 1.86. The SMILES string of the molecule is Cc1nn(C)c2nc(C(C)C)cc(C(=O)NCc3ccccc3COC(C)C)c12. The van der Waals surface area contributed by atoms with Crippen LogP contribution in [0.1, 0.15) is 66.5 Å². The normalized spacial score (nSPS) is 11.6. The summed E-state index contributed by atoms with van der Waals surface area (Å²) < 4.78 is 7.49. The predicted octanol–water partition coefficient (Wildman–Crippen LogP) is 4.26. The number of nitrogens with one attached hydrogen (secondary N) is 1. The van der Waals surface area contributed by atoms with Gasteiger partial charge < -0.3 is 10.1 Å². The number of benzene rings is 1. The Bertz CT molecular complexity index is 1020. The first-order valence-electron chi connectivity index (χ1n) is 10.1. The number of ether oxygens (including phenoxy) is 1. The van der Waals surface area contributed by atoms with Gasteiger partial charge in [0.1, 0.15) is 0 Å². The number of hydrogen-bond donors (Lipinski definition) is 1. The molecule has 1 N–H and O–H groups in total. The smallest absolute Gasteiger partial charge is 0.252 e. The van der Waals surface area contributed by atoms with Gasteiger partial charge in [-0.15, -0.1) is 0 Å². The van der Waals surface area contributed by atoms with Crippen LogP contribution in [0, 0.1) is 6.92 Å². The molecule has 0 atom stereocenters. The van der Waals surface area contributed by atoms with E-state index in [1.54, 1.807) is 4.68 Å². The van der Waals surface area contributed by atoms with Crippen molar-refractivity contribution < 1.29 is 9.53 Å². The Morgan fingerprint density at radius 2 is 1.86 bits per heavy atom. The van der Waals surface area contributed by atoms with E-state index in [9.17, 15) is 4.79 Å². The lowest BCUT2D eigenvalue weighted by Gasteiger charge is -2.14. The van der Waals surface area contributed by atoms with Crippen molar-refractivity contribution in [2.75, 3.05) is 0 Å². The highest BCUT2D eigenvalue weighted by atomic mass is 16.5. The highest BCUT2D eigenvalue weighted by Gasteiger charge is 2.19. The van der Waals surface area contributed by atoms with Gasteiger partial charge in [0.05, 0.1) is 29.4 Å². The number of amides is 1. The number of hydrogen-bond acceptors (Lipinski definition) is 4. The average molecular weight is 395 g/mol. The molecule has 1 aromatic carbocycles. The Hall–Kier alpha value is -2.73. The number of nitrogens with zero attached hydrogens (tertiary/aromatic N) is 3. The summed E-state index contributed by atoms with van der Waals surface area (Å²) in [6.45, 7) is 11.1. The molecule has 0 fully saturated rings. The van der Waals surface area contributed by atoms with E-state index in [2.05, 4.69) is 24.3 Å². The molecule has 0 saturated heterocycles. The van der Waals surface area contributed by atoms with Crippen molar-refractivity contribution in [3.63, 3.8) is 0 Å². The third kappa shape index (κ3) is 4.65. The fourth-order valence-corrected chi connectivity index (χ4v) is 3.34. The number of carbonyl (C=O) groups excluding carboxylic acids is 1. The van der Waals surface area contributed by atoms with Gasteiger partial charge in [-0.05, 0) is 43.9 Å². The number of aryl methyl sites for hydroxylation is 2. The van der Waals surface area contributed by atoms with E-state index < -0.39 is 0 Å². The van der Waals surface area contributed by atoms with Crippen molar-refractivity contribution in [2.45, 2.75) is 59.8 Å². The highest BCUT2D eigenvalue weighted by Crippen LogP contribution is 2.25. The Balaban J connectivity index is 1.88. The second-order valence-electron chi connectivity index (χ2n) is 7.97. The molecule has 0 spiro atoms. The molecule has 6 nitrogen and oxygen atoms in total. The third-order valence-corrected chi connectivity index (χ3v) is 4.95. The van der Waals surface area contributed by atoms with Crippen LogP contribution in [0.2, 0.25) is 0 Å². The fourth-order valence-electron chi connectivity index (χ4n) is 3.34. The van der Waals surface area contributed by atoms with Crippen molar-refractivity contribution in [3.05, 3.63) is 58.4 Å². The molecule has 6 heteroatoms. The van der Waals surface area contributed by atoms with E-state index in [0.29, 0.717) is 18.7 Å². The second kappa shape index (κ2) is 8.74. The highest BCUT2D eigenvalue weighted by molar-refractivity contribution is 6.06. The monoisotopic (exact) mass is 394 g/mol. The number of pyridine rings is 1. The molecule has 0 saturated carbocycles. The summed E-state index contributed by atoms with van der Waals surface area (Å²) in [4.78, 5) is 17.9. The molecule has 0 radical (unpaired) electrons. The van der Waals surface area contributed by atoms with E-state index in [4.69, 9.17) is 9.72 Å². The predicted molar refractivity (Wildman–Crippen MR) is 115 cm³/mol. The first-order chi connectivity index (χ1) is 13.8. The number of rotatable bonds is 7. The molecule has 0 unspecified atom stereocenters. The van der Waals surface area contributed by atoms with Crippen LogP contribution >= 0.6 is 0 Å². The lowest BCUT2D eigenvalue weighted by molar-refractivity contribution is 0.0651. The van der Waals surface area contributed by atoms with Crippen LogP contribution < -0.4 is 5.32 Å². The van der Waals surface area contributed by atoms with Gasteiger partial charge in [0, 0.05) is 19.3 Å². The van der Waals surface area contributed by atoms with Crippen LogP contribution in [-0.4, -0.2) is 26.8 Å². The molecular weight excluding hydrogens is 364 g/mol. The topological polar surface area (TPSA) is 69.0 Å². The van der Waals surface area contributed by atoms with Crippen LogP contribution in [-0.2, 0) is 24.9 Å². The molecule has 0 aliphatic heterocycles. The van der Waals surface area contributed by atoms with Gasteiger partial charge >= 0.3 is 0 Å². The number of aromatic nitrogens is 3. The lowest BCUT2D eigenvalue weighted by atomic mass is 10.0. The van der Waals surface area contributed by atoms with Gasteiger partial charge in [0.25, 0.3) is 5.91 Å². The van der Waals surface area contributed by atoms with Crippen molar-refractivity contribution in [2.24, 2.45) is 7.05 Å². The molecular formula is C23H30N4O2. The van der Waals surface area contributed by atoms with Gasteiger partial charge in [-0.1, -0.05) is 38.1 Å². The summed E-state index contributed by atoms with van der Waals surface area (Å²) in [5.41, 5.74) is 5.20. The van der Waals surface area contributed by atoms with Crippen LogP contribution in [0.3, 0.4) is 0 Å². The third-order valence-electron chi connectivity index (χ3n) is 4.95. The quantitative estimate of drug-likeness (QED) is 0.650. The largest absolute Gasteiger partial charge is 0.374 e. The first kappa shape index (κ1) is 21.0. The van der Waals surface area contributed by atoms with Crippen molar-refractivity contribution in [3.8, 4) is 0 Å². The van der Waals surface area contributed by atoms with Crippen molar-refractivity contribution in [1.29, 1.82) is 0 Å². The molecule has 154 valence electrons. The minimum atomic E-state index is -0.116. The molecule has 0 aliphatic rings. The Morgan fingerprint density at radius 1 is 1.17 bits per heavy atom. The standard InChI is InChI=1S/C23H30N4O2/c1-14(2)20-11-19(21-16(5)26-27(6)22(21)25-20)23(28)24-12-17-9-7-8-10-18(17)13-29-15(3)4/h7-11,14-15H,12-13H2,1-6H3,(H,24,28). The van der Waals surface area contributed by atoms with Gasteiger partial charge in [-0.25, -0.2) is 4.98 Å². The zero-order valence-electron chi connectivity index (χ0n) is 18.1. The molecule has 2 heterocycles. The Labute approximate surface area is 172 Å². The average Bonchev–Trinajstić information content (AvgIpc) is 2.98. The molecule has 0 bridgehead atoms. The Kier molecular flexibility index (Phi) is 6.33. The van der Waals surface area contributed by atoms with E-state index in [1.807, 2.05) is 58.2 Å². The number of fused-ring (bicyclic) bond motifs is 1. The van der Waals surface area contributed by atoms with Gasteiger partial charge in [0.15, 0.2) is 5.65 Å². The van der Waals surface area contributed by atoms with Gasteiger partial charge in [0.2, 0.25) is 0 Å². The summed E-state index contributed by atoms with van der Waals surface area (Å²) in [5.74, 6) is 0.102. The molecule has 3 rings (SSSR count). The second-order valence-corrected chi connectivity index (χ2v) is 7.97. The molecule has 2 aromatic heterocycles. The maximum atomic E-state index is 13.1. The van der Waals surface area contributed by atoms with E-state index in [0.717, 1.165) is 33.5 Å². The maximum absolute atomic E-state index is 13.1. The first-order valence-corrected chi connectivity index (χ1v) is 10.1. The molecule has 0 aliphatic carbocycles. The van der Waals surface area contributed by atoms with Crippen LogP contribution in [0.4, 0.5) is 0 Å². The van der Waals surface area contributed by atoms with Crippen LogP contribution in [0.5, 0.6) is 0 Å². The van der Waals surface area contributed by atoms with E-state index >= 15 is 0 Å². The zero-order chi connectivity index (χ0) is 21.1. The van der Waals surface area contributed by atoms with Crippen LogP contribution in [0.25, 0.3) is 11.0 Å². The maximum Gasteiger partial charge on any atom is 0.252 e. The summed E-state index contributed by atoms with van der Waals surface area (Å²) in [6.07, 6.45) is 0.158. The fraction of sp³-hybridized carbons (Fsp3) is 0.435. The summed E-state index contributed by atoms with van der Waals surface area (Å²) in [5, 5.41) is 8.35.